The van der Waals surface area contributed by atoms with Crippen LogP contribution >= 0.6 is 0 Å². The van der Waals surface area contributed by atoms with Crippen molar-refractivity contribution in [2.24, 2.45) is 5.29 Å². The fraction of sp³-hybridized carbons (Fsp3) is 0.750. The lowest BCUT2D eigenvalue weighted by Crippen LogP contribution is -2.14. The SMILES string of the molecule is CCCC(=O)NN=O. The summed E-state index contributed by atoms with van der Waals surface area (Å²) in [6, 6.07) is 0. The molecule has 0 unspecified atom stereocenters. The van der Waals surface area contributed by atoms with Crippen molar-refractivity contribution in [3.63, 3.8) is 0 Å². The summed E-state index contributed by atoms with van der Waals surface area (Å²) < 4.78 is 0. The van der Waals surface area contributed by atoms with Gasteiger partial charge in [-0.05, 0) is 6.42 Å². The van der Waals surface area contributed by atoms with Gasteiger partial charge in [0.15, 0.2) is 0 Å². The monoisotopic (exact) mass is 116 g/mol. The van der Waals surface area contributed by atoms with Crippen LogP contribution in [-0.2, 0) is 4.79 Å². The van der Waals surface area contributed by atoms with E-state index in [-0.39, 0.29) is 5.91 Å². The van der Waals surface area contributed by atoms with Crippen LogP contribution in [0.15, 0.2) is 5.29 Å². The molecule has 4 nitrogen and oxygen atoms in total. The molecule has 8 heavy (non-hydrogen) atoms. The summed E-state index contributed by atoms with van der Waals surface area (Å²) in [5.41, 5.74) is 1.78. The standard InChI is InChI=1S/C4H8N2O2/c1-2-3-4(7)5-6-8/h2-3H2,1H3,(H,5,7,8). The third-order valence-corrected chi connectivity index (χ3v) is 0.647. The number of nitroso groups, excluding NO2 is 1. The predicted molar refractivity (Wildman–Crippen MR) is 28.8 cm³/mol. The van der Waals surface area contributed by atoms with E-state index < -0.39 is 0 Å². The van der Waals surface area contributed by atoms with Gasteiger partial charge in [0.1, 0.15) is 0 Å². The number of hydrogen-bond acceptors (Lipinski definition) is 3. The molecule has 0 aliphatic rings. The molecule has 0 radical (unpaired) electrons. The molecule has 0 aromatic heterocycles. The molecule has 1 amide bonds. The van der Waals surface area contributed by atoms with Crippen LogP contribution in [-0.4, -0.2) is 5.91 Å². The number of hydrogen-bond donors (Lipinski definition) is 1. The number of nitrogens with one attached hydrogen (secondary N) is 1. The Morgan fingerprint density at radius 2 is 2.38 bits per heavy atom. The second-order valence-corrected chi connectivity index (χ2v) is 1.38. The van der Waals surface area contributed by atoms with E-state index in [1.807, 2.05) is 6.92 Å². The molecule has 0 bridgehead atoms. The molecule has 0 aliphatic heterocycles. The first-order chi connectivity index (χ1) is 3.81. The molecule has 0 rings (SSSR count). The van der Waals surface area contributed by atoms with Gasteiger partial charge in [0.25, 0.3) is 0 Å². The van der Waals surface area contributed by atoms with Crippen molar-refractivity contribution >= 4 is 5.91 Å². The topological polar surface area (TPSA) is 58.5 Å². The molecule has 0 saturated carbocycles. The Labute approximate surface area is 47.2 Å². The van der Waals surface area contributed by atoms with Crippen LogP contribution < -0.4 is 5.43 Å². The zero-order valence-electron chi connectivity index (χ0n) is 4.68. The highest BCUT2D eigenvalue weighted by atomic mass is 16.3. The molecule has 46 valence electrons. The highest BCUT2D eigenvalue weighted by molar-refractivity contribution is 5.75. The number of carbonyl (C=O) groups is 1. The minimum Gasteiger partial charge on any atom is -0.273 e. The normalized spacial score (nSPS) is 8.12. The number of amides is 1. The van der Waals surface area contributed by atoms with Gasteiger partial charge in [-0.2, -0.15) is 0 Å². The van der Waals surface area contributed by atoms with Crippen LogP contribution in [0.3, 0.4) is 0 Å². The predicted octanol–water partition coefficient (Wildman–Crippen LogP) is 0.584. The van der Waals surface area contributed by atoms with Crippen LogP contribution in [0.4, 0.5) is 0 Å². The van der Waals surface area contributed by atoms with E-state index in [0.29, 0.717) is 6.42 Å². The Morgan fingerprint density at radius 3 is 2.75 bits per heavy atom. The lowest BCUT2D eigenvalue weighted by Gasteiger charge is -1.88. The van der Waals surface area contributed by atoms with Gasteiger partial charge in [-0.1, -0.05) is 6.92 Å². The van der Waals surface area contributed by atoms with Crippen molar-refractivity contribution < 1.29 is 4.79 Å². The number of carbonyl (C=O) groups excluding carboxylic acids is 1. The summed E-state index contributed by atoms with van der Waals surface area (Å²) in [5, 5.41) is 2.20. The van der Waals surface area contributed by atoms with Gasteiger partial charge in [-0.15, -0.1) is 4.91 Å². The van der Waals surface area contributed by atoms with Crippen molar-refractivity contribution in [2.45, 2.75) is 19.8 Å². The molecule has 0 atom stereocenters. The Balaban J connectivity index is 3.18. The maximum atomic E-state index is 10.2. The zero-order valence-corrected chi connectivity index (χ0v) is 4.68. The van der Waals surface area contributed by atoms with E-state index in [1.54, 1.807) is 5.43 Å². The summed E-state index contributed by atoms with van der Waals surface area (Å²) in [6.45, 7) is 1.85. The van der Waals surface area contributed by atoms with Gasteiger partial charge < -0.3 is 0 Å². The van der Waals surface area contributed by atoms with Crippen molar-refractivity contribution in [3.8, 4) is 0 Å². The highest BCUT2D eigenvalue weighted by Gasteiger charge is 1.94. The molecule has 0 spiro atoms. The minimum absolute atomic E-state index is 0.317. The Hall–Kier alpha value is -0.930. The lowest BCUT2D eigenvalue weighted by atomic mass is 10.3. The fourth-order valence-corrected chi connectivity index (χ4v) is 0.334. The molecule has 0 aromatic rings. The summed E-state index contributed by atoms with van der Waals surface area (Å²) >= 11 is 0. The average molecular weight is 116 g/mol. The van der Waals surface area contributed by atoms with E-state index in [1.165, 1.54) is 0 Å². The smallest absolute Gasteiger partial charge is 0.242 e. The quantitative estimate of drug-likeness (QED) is 0.433. The first-order valence-electron chi connectivity index (χ1n) is 2.42. The minimum atomic E-state index is -0.317. The first kappa shape index (κ1) is 7.07. The van der Waals surface area contributed by atoms with Crippen molar-refractivity contribution in [3.05, 3.63) is 4.91 Å². The summed E-state index contributed by atoms with van der Waals surface area (Å²) in [6.07, 6.45) is 1.10. The molecule has 0 aromatic carbocycles. The molecule has 0 heterocycles. The summed E-state index contributed by atoms with van der Waals surface area (Å²) in [4.78, 5) is 19.5. The Bertz CT molecular complexity index is 92.0. The Morgan fingerprint density at radius 1 is 1.75 bits per heavy atom. The molecular weight excluding hydrogens is 108 g/mol. The van der Waals surface area contributed by atoms with E-state index in [4.69, 9.17) is 0 Å². The van der Waals surface area contributed by atoms with Gasteiger partial charge in [0, 0.05) is 6.42 Å². The second-order valence-electron chi connectivity index (χ2n) is 1.38. The van der Waals surface area contributed by atoms with Crippen LogP contribution in [0, 0.1) is 4.91 Å². The first-order valence-corrected chi connectivity index (χ1v) is 2.42. The third-order valence-electron chi connectivity index (χ3n) is 0.647. The fourth-order valence-electron chi connectivity index (χ4n) is 0.334. The van der Waals surface area contributed by atoms with Gasteiger partial charge in [0.2, 0.25) is 5.91 Å². The maximum Gasteiger partial charge on any atom is 0.242 e. The lowest BCUT2D eigenvalue weighted by molar-refractivity contribution is -0.121. The van der Waals surface area contributed by atoms with Gasteiger partial charge in [0.05, 0.1) is 5.29 Å². The molecule has 0 saturated heterocycles. The van der Waals surface area contributed by atoms with Gasteiger partial charge in [-0.3, -0.25) is 4.79 Å². The van der Waals surface area contributed by atoms with Crippen LogP contribution in [0.5, 0.6) is 0 Å². The van der Waals surface area contributed by atoms with E-state index in [2.05, 4.69) is 5.29 Å². The molecule has 4 heteroatoms. The highest BCUT2D eigenvalue weighted by Crippen LogP contribution is 1.83. The van der Waals surface area contributed by atoms with Crippen molar-refractivity contribution in [2.75, 3.05) is 0 Å². The summed E-state index contributed by atoms with van der Waals surface area (Å²) in [7, 11) is 0. The van der Waals surface area contributed by atoms with Crippen LogP contribution in [0.1, 0.15) is 19.8 Å². The van der Waals surface area contributed by atoms with Gasteiger partial charge >= 0.3 is 0 Å². The van der Waals surface area contributed by atoms with Crippen LogP contribution in [0.25, 0.3) is 0 Å². The zero-order chi connectivity index (χ0) is 6.41. The van der Waals surface area contributed by atoms with E-state index >= 15 is 0 Å². The molecule has 0 aliphatic carbocycles. The third kappa shape index (κ3) is 3.27. The largest absolute Gasteiger partial charge is 0.273 e. The molecular formula is C4H8N2O2. The number of nitrogens with zero attached hydrogens (tertiary/aromatic N) is 1. The van der Waals surface area contributed by atoms with Crippen LogP contribution in [0.2, 0.25) is 0 Å². The summed E-state index contributed by atoms with van der Waals surface area (Å²) in [5.74, 6) is -0.317. The average Bonchev–Trinajstić information content (AvgIpc) is 1.68. The Kier molecular flexibility index (Phi) is 3.74. The second kappa shape index (κ2) is 4.23. The van der Waals surface area contributed by atoms with E-state index in [0.717, 1.165) is 6.42 Å². The molecule has 1 N–H and O–H groups in total. The van der Waals surface area contributed by atoms with Crippen molar-refractivity contribution in [1.29, 1.82) is 0 Å². The molecule has 0 fully saturated rings. The maximum absolute atomic E-state index is 10.2. The number of rotatable bonds is 3. The van der Waals surface area contributed by atoms with Gasteiger partial charge in [-0.25, -0.2) is 5.43 Å². The van der Waals surface area contributed by atoms with E-state index in [9.17, 15) is 9.70 Å². The van der Waals surface area contributed by atoms with Crippen molar-refractivity contribution in [1.82, 2.24) is 5.43 Å².